The molecule has 1 saturated carbocycles. The summed E-state index contributed by atoms with van der Waals surface area (Å²) < 4.78 is 11.7. The monoisotopic (exact) mass is 292 g/mol. The van der Waals surface area contributed by atoms with E-state index in [0.29, 0.717) is 12.6 Å². The predicted octanol–water partition coefficient (Wildman–Crippen LogP) is 2.19. The zero-order valence-corrected chi connectivity index (χ0v) is 12.5. The molecule has 1 aromatic carbocycles. The Labute approximate surface area is 125 Å². The second-order valence-electron chi connectivity index (χ2n) is 5.26. The first-order chi connectivity index (χ1) is 9.76. The van der Waals surface area contributed by atoms with Crippen molar-refractivity contribution in [1.82, 2.24) is 10.2 Å². The summed E-state index contributed by atoms with van der Waals surface area (Å²) in [6.45, 7) is 4.31. The van der Waals surface area contributed by atoms with Crippen molar-refractivity contribution >= 4 is 17.3 Å². The van der Waals surface area contributed by atoms with Crippen LogP contribution in [0.3, 0.4) is 0 Å². The zero-order chi connectivity index (χ0) is 13.9. The first-order valence-corrected chi connectivity index (χ1v) is 7.61. The summed E-state index contributed by atoms with van der Waals surface area (Å²) in [5.41, 5.74) is 0. The number of likely N-dealkylation sites (N-methyl/N-ethyl adjacent to an activating group) is 1. The lowest BCUT2D eigenvalue weighted by molar-refractivity contribution is 0.0748. The lowest BCUT2D eigenvalue weighted by Crippen LogP contribution is -2.47. The first-order valence-electron chi connectivity index (χ1n) is 7.20. The first kappa shape index (κ1) is 13.5. The molecule has 1 heterocycles. The van der Waals surface area contributed by atoms with E-state index in [9.17, 15) is 0 Å². The van der Waals surface area contributed by atoms with Gasteiger partial charge in [-0.05, 0) is 44.1 Å². The van der Waals surface area contributed by atoms with Crippen molar-refractivity contribution < 1.29 is 9.47 Å². The number of thiocarbonyl (C=S) groups is 1. The summed E-state index contributed by atoms with van der Waals surface area (Å²) in [7, 11) is 0. The van der Waals surface area contributed by atoms with Crippen LogP contribution in [-0.2, 0) is 0 Å². The summed E-state index contributed by atoms with van der Waals surface area (Å²) in [4.78, 5) is 2.15. The summed E-state index contributed by atoms with van der Waals surface area (Å²) in [6.07, 6.45) is 2.48. The molecule has 0 amide bonds. The van der Waals surface area contributed by atoms with Gasteiger partial charge in [0.15, 0.2) is 22.7 Å². The maximum absolute atomic E-state index is 5.98. The molecule has 3 rings (SSSR count). The molecule has 1 atom stereocenters. The van der Waals surface area contributed by atoms with Crippen LogP contribution >= 0.6 is 12.2 Å². The van der Waals surface area contributed by atoms with E-state index in [1.165, 1.54) is 12.8 Å². The molecule has 0 aromatic heterocycles. The molecule has 0 radical (unpaired) electrons. The molecule has 5 heteroatoms. The van der Waals surface area contributed by atoms with Gasteiger partial charge in [0.2, 0.25) is 0 Å². The molecule has 4 nitrogen and oxygen atoms in total. The number of fused-ring (bicyclic) bond motifs is 1. The summed E-state index contributed by atoms with van der Waals surface area (Å²) in [6, 6.07) is 8.37. The molecule has 0 bridgehead atoms. The van der Waals surface area contributed by atoms with Crippen LogP contribution in [-0.4, -0.2) is 41.9 Å². The highest BCUT2D eigenvalue weighted by molar-refractivity contribution is 7.80. The SMILES string of the molecule is CCN(C[C@@H]1COc2ccccc2O1)C(=S)NC1CC1. The van der Waals surface area contributed by atoms with Gasteiger partial charge in [0, 0.05) is 12.6 Å². The van der Waals surface area contributed by atoms with Gasteiger partial charge in [-0.2, -0.15) is 0 Å². The Morgan fingerprint density at radius 3 is 2.80 bits per heavy atom. The van der Waals surface area contributed by atoms with Gasteiger partial charge in [0.05, 0.1) is 6.54 Å². The molecule has 1 fully saturated rings. The third-order valence-corrected chi connectivity index (χ3v) is 3.94. The molecule has 1 N–H and O–H groups in total. The fourth-order valence-corrected chi connectivity index (χ4v) is 2.62. The fraction of sp³-hybridized carbons (Fsp3) is 0.533. The van der Waals surface area contributed by atoms with Gasteiger partial charge in [0.1, 0.15) is 6.61 Å². The Balaban J connectivity index is 1.58. The van der Waals surface area contributed by atoms with E-state index in [1.807, 2.05) is 24.3 Å². The number of hydrogen-bond acceptors (Lipinski definition) is 3. The molecule has 1 aliphatic carbocycles. The van der Waals surface area contributed by atoms with E-state index >= 15 is 0 Å². The summed E-state index contributed by atoms with van der Waals surface area (Å²) in [5, 5.41) is 4.21. The largest absolute Gasteiger partial charge is 0.486 e. The highest BCUT2D eigenvalue weighted by Gasteiger charge is 2.26. The van der Waals surface area contributed by atoms with Crippen molar-refractivity contribution in [3.05, 3.63) is 24.3 Å². The van der Waals surface area contributed by atoms with Gasteiger partial charge >= 0.3 is 0 Å². The van der Waals surface area contributed by atoms with Crippen molar-refractivity contribution in [1.29, 1.82) is 0 Å². The molecule has 1 aliphatic heterocycles. The van der Waals surface area contributed by atoms with Crippen LogP contribution in [0, 0.1) is 0 Å². The Morgan fingerprint density at radius 1 is 1.35 bits per heavy atom. The third kappa shape index (κ3) is 3.15. The number of para-hydroxylation sites is 2. The van der Waals surface area contributed by atoms with E-state index in [0.717, 1.165) is 29.7 Å². The van der Waals surface area contributed by atoms with E-state index in [2.05, 4.69) is 17.1 Å². The molecule has 2 aliphatic rings. The number of ether oxygens (including phenoxy) is 2. The van der Waals surface area contributed by atoms with Gasteiger partial charge in [-0.15, -0.1) is 0 Å². The van der Waals surface area contributed by atoms with Gasteiger partial charge in [0.25, 0.3) is 0 Å². The molecule has 0 unspecified atom stereocenters. The van der Waals surface area contributed by atoms with Crippen LogP contribution < -0.4 is 14.8 Å². The molecule has 0 spiro atoms. The number of nitrogens with one attached hydrogen (secondary N) is 1. The van der Waals surface area contributed by atoms with Crippen molar-refractivity contribution in [2.45, 2.75) is 31.9 Å². The molecular weight excluding hydrogens is 272 g/mol. The third-order valence-electron chi connectivity index (χ3n) is 3.57. The average molecular weight is 292 g/mol. The number of benzene rings is 1. The number of nitrogens with zero attached hydrogens (tertiary/aromatic N) is 1. The highest BCUT2D eigenvalue weighted by Crippen LogP contribution is 2.31. The van der Waals surface area contributed by atoms with Gasteiger partial charge < -0.3 is 19.7 Å². The normalized spacial score (nSPS) is 20.4. The second kappa shape index (κ2) is 5.87. The van der Waals surface area contributed by atoms with E-state index < -0.39 is 0 Å². The minimum absolute atomic E-state index is 0.0174. The maximum Gasteiger partial charge on any atom is 0.169 e. The Hall–Kier alpha value is -1.49. The average Bonchev–Trinajstić information content (AvgIpc) is 3.28. The Bertz CT molecular complexity index is 491. The Morgan fingerprint density at radius 2 is 2.10 bits per heavy atom. The summed E-state index contributed by atoms with van der Waals surface area (Å²) in [5.74, 6) is 1.64. The summed E-state index contributed by atoms with van der Waals surface area (Å²) >= 11 is 5.46. The fourth-order valence-electron chi connectivity index (χ4n) is 2.25. The maximum atomic E-state index is 5.98. The topological polar surface area (TPSA) is 33.7 Å². The van der Waals surface area contributed by atoms with Gasteiger partial charge in [-0.1, -0.05) is 12.1 Å². The van der Waals surface area contributed by atoms with Gasteiger partial charge in [-0.25, -0.2) is 0 Å². The molecule has 1 aromatic rings. The minimum Gasteiger partial charge on any atom is -0.486 e. The van der Waals surface area contributed by atoms with Crippen LogP contribution in [0.15, 0.2) is 24.3 Å². The highest BCUT2D eigenvalue weighted by atomic mass is 32.1. The predicted molar refractivity (Wildman–Crippen MR) is 82.4 cm³/mol. The van der Waals surface area contributed by atoms with E-state index in [-0.39, 0.29) is 6.10 Å². The number of hydrogen-bond donors (Lipinski definition) is 1. The van der Waals surface area contributed by atoms with Crippen molar-refractivity contribution in [2.75, 3.05) is 19.7 Å². The van der Waals surface area contributed by atoms with Crippen molar-refractivity contribution in [3.63, 3.8) is 0 Å². The van der Waals surface area contributed by atoms with Crippen molar-refractivity contribution in [3.8, 4) is 11.5 Å². The molecular formula is C15H20N2O2S. The smallest absolute Gasteiger partial charge is 0.169 e. The molecule has 20 heavy (non-hydrogen) atoms. The van der Waals surface area contributed by atoms with Crippen LogP contribution in [0.25, 0.3) is 0 Å². The lowest BCUT2D eigenvalue weighted by Gasteiger charge is -2.32. The second-order valence-corrected chi connectivity index (χ2v) is 5.65. The van der Waals surface area contributed by atoms with Crippen LogP contribution in [0.4, 0.5) is 0 Å². The molecule has 0 saturated heterocycles. The zero-order valence-electron chi connectivity index (χ0n) is 11.7. The van der Waals surface area contributed by atoms with E-state index in [4.69, 9.17) is 21.7 Å². The number of rotatable bonds is 4. The quantitative estimate of drug-likeness (QED) is 0.860. The standard InChI is InChI=1S/C15H20N2O2S/c1-2-17(15(20)16-11-7-8-11)9-12-10-18-13-5-3-4-6-14(13)19-12/h3-6,11-12H,2,7-10H2,1H3,(H,16,20)/t12-/m1/s1. The molecule has 108 valence electrons. The van der Waals surface area contributed by atoms with Gasteiger partial charge in [-0.3, -0.25) is 0 Å². The van der Waals surface area contributed by atoms with Crippen LogP contribution in [0.5, 0.6) is 11.5 Å². The minimum atomic E-state index is 0.0174. The van der Waals surface area contributed by atoms with E-state index in [1.54, 1.807) is 0 Å². The van der Waals surface area contributed by atoms with Crippen LogP contribution in [0.2, 0.25) is 0 Å². The lowest BCUT2D eigenvalue weighted by atomic mass is 10.2. The van der Waals surface area contributed by atoms with Crippen LogP contribution in [0.1, 0.15) is 19.8 Å². The Kier molecular flexibility index (Phi) is 3.96. The van der Waals surface area contributed by atoms with Crippen molar-refractivity contribution in [2.24, 2.45) is 0 Å².